The van der Waals surface area contributed by atoms with Gasteiger partial charge in [-0.15, -0.1) is 0 Å². The number of benzene rings is 1. The van der Waals surface area contributed by atoms with Crippen molar-refractivity contribution in [2.75, 3.05) is 13.1 Å². The van der Waals surface area contributed by atoms with Crippen molar-refractivity contribution in [3.05, 3.63) is 35.9 Å². The maximum Gasteiger partial charge on any atom is 0.226 e. The molecule has 2 heteroatoms. The Kier molecular flexibility index (Phi) is 3.34. The van der Waals surface area contributed by atoms with Gasteiger partial charge in [0, 0.05) is 13.1 Å². The molecule has 2 fully saturated rings. The molecule has 0 bridgehead atoms. The average Bonchev–Trinajstić information content (AvgIpc) is 2.39. The Labute approximate surface area is 115 Å². The van der Waals surface area contributed by atoms with E-state index in [2.05, 4.69) is 11.8 Å². The maximum absolute atomic E-state index is 12.3. The van der Waals surface area contributed by atoms with Crippen LogP contribution in [0, 0.1) is 11.3 Å². The van der Waals surface area contributed by atoms with Gasteiger partial charge in [-0.25, -0.2) is 0 Å². The van der Waals surface area contributed by atoms with E-state index in [9.17, 15) is 4.79 Å². The molecule has 1 spiro atoms. The van der Waals surface area contributed by atoms with Gasteiger partial charge in [-0.2, -0.15) is 0 Å². The van der Waals surface area contributed by atoms with Crippen molar-refractivity contribution < 1.29 is 4.79 Å². The van der Waals surface area contributed by atoms with Gasteiger partial charge in [-0.3, -0.25) is 4.79 Å². The molecule has 1 aromatic carbocycles. The van der Waals surface area contributed by atoms with Gasteiger partial charge in [0.2, 0.25) is 5.91 Å². The predicted octanol–water partition coefficient (Wildman–Crippen LogP) is 3.27. The minimum absolute atomic E-state index is 0.299. The van der Waals surface area contributed by atoms with Crippen molar-refractivity contribution >= 4 is 5.91 Å². The van der Waals surface area contributed by atoms with Crippen LogP contribution in [0.2, 0.25) is 0 Å². The highest BCUT2D eigenvalue weighted by Gasteiger charge is 2.44. The Morgan fingerprint density at radius 2 is 1.84 bits per heavy atom. The van der Waals surface area contributed by atoms with Crippen molar-refractivity contribution in [2.45, 2.75) is 39.0 Å². The van der Waals surface area contributed by atoms with E-state index in [1.807, 2.05) is 30.3 Å². The summed E-state index contributed by atoms with van der Waals surface area (Å²) in [7, 11) is 0. The van der Waals surface area contributed by atoms with Crippen LogP contribution in [-0.4, -0.2) is 23.9 Å². The fourth-order valence-corrected chi connectivity index (χ4v) is 3.94. The standard InChI is InChI=1S/C17H23NO/c1-14-12-17(13-14)7-9-18(10-8-17)16(19)11-15-5-3-2-4-6-15/h2-6,14H,7-13H2,1H3. The molecule has 102 valence electrons. The van der Waals surface area contributed by atoms with E-state index >= 15 is 0 Å². The number of hydrogen-bond donors (Lipinski definition) is 0. The number of amides is 1. The van der Waals surface area contributed by atoms with Gasteiger partial charge >= 0.3 is 0 Å². The summed E-state index contributed by atoms with van der Waals surface area (Å²) < 4.78 is 0. The first-order valence-electron chi connectivity index (χ1n) is 7.49. The Morgan fingerprint density at radius 1 is 1.21 bits per heavy atom. The summed E-state index contributed by atoms with van der Waals surface area (Å²) in [6.45, 7) is 4.29. The largest absolute Gasteiger partial charge is 0.342 e. The van der Waals surface area contributed by atoms with Gasteiger partial charge in [0.25, 0.3) is 0 Å². The van der Waals surface area contributed by atoms with Crippen LogP contribution in [0.1, 0.15) is 38.2 Å². The Morgan fingerprint density at radius 3 is 2.42 bits per heavy atom. The molecule has 1 aliphatic carbocycles. The first kappa shape index (κ1) is 12.7. The van der Waals surface area contributed by atoms with Crippen molar-refractivity contribution in [2.24, 2.45) is 11.3 Å². The van der Waals surface area contributed by atoms with Crippen molar-refractivity contribution in [1.29, 1.82) is 0 Å². The third-order valence-corrected chi connectivity index (χ3v) is 4.94. The van der Waals surface area contributed by atoms with E-state index in [1.165, 1.54) is 25.7 Å². The molecule has 1 saturated carbocycles. The van der Waals surface area contributed by atoms with Gasteiger partial charge in [0.1, 0.15) is 0 Å². The van der Waals surface area contributed by atoms with E-state index in [0.29, 0.717) is 17.7 Å². The molecule has 1 aromatic rings. The average molecular weight is 257 g/mol. The van der Waals surface area contributed by atoms with E-state index in [1.54, 1.807) is 0 Å². The highest BCUT2D eigenvalue weighted by Crippen LogP contribution is 2.52. The van der Waals surface area contributed by atoms with Crippen LogP contribution in [0.5, 0.6) is 0 Å². The van der Waals surface area contributed by atoms with Crippen LogP contribution in [0.3, 0.4) is 0 Å². The van der Waals surface area contributed by atoms with Crippen LogP contribution in [0.15, 0.2) is 30.3 Å². The number of nitrogens with zero attached hydrogens (tertiary/aromatic N) is 1. The van der Waals surface area contributed by atoms with Gasteiger partial charge in [0.05, 0.1) is 6.42 Å². The molecule has 2 nitrogen and oxygen atoms in total. The quantitative estimate of drug-likeness (QED) is 0.796. The molecule has 3 rings (SSSR count). The second kappa shape index (κ2) is 4.99. The summed E-state index contributed by atoms with van der Waals surface area (Å²) in [5.41, 5.74) is 1.73. The van der Waals surface area contributed by atoms with E-state index < -0.39 is 0 Å². The molecule has 1 heterocycles. The third kappa shape index (κ3) is 2.68. The first-order valence-corrected chi connectivity index (χ1v) is 7.49. The third-order valence-electron chi connectivity index (χ3n) is 4.94. The second-order valence-corrected chi connectivity index (χ2v) is 6.56. The molecule has 0 unspecified atom stereocenters. The van der Waals surface area contributed by atoms with Crippen molar-refractivity contribution in [1.82, 2.24) is 4.90 Å². The highest BCUT2D eigenvalue weighted by atomic mass is 16.2. The molecule has 0 aromatic heterocycles. The zero-order chi connectivity index (χ0) is 13.3. The lowest BCUT2D eigenvalue weighted by molar-refractivity contribution is -0.134. The fraction of sp³-hybridized carbons (Fsp3) is 0.588. The van der Waals surface area contributed by atoms with Gasteiger partial charge in [0.15, 0.2) is 0 Å². The molecule has 0 N–H and O–H groups in total. The molecule has 19 heavy (non-hydrogen) atoms. The zero-order valence-electron chi connectivity index (χ0n) is 11.8. The number of likely N-dealkylation sites (tertiary alicyclic amines) is 1. The summed E-state index contributed by atoms with van der Waals surface area (Å²) in [5, 5.41) is 0. The molecule has 1 saturated heterocycles. The summed E-state index contributed by atoms with van der Waals surface area (Å²) >= 11 is 0. The molecule has 2 aliphatic rings. The van der Waals surface area contributed by atoms with Gasteiger partial charge in [-0.1, -0.05) is 37.3 Å². The van der Waals surface area contributed by atoms with Crippen molar-refractivity contribution in [3.63, 3.8) is 0 Å². The van der Waals surface area contributed by atoms with Crippen LogP contribution < -0.4 is 0 Å². The van der Waals surface area contributed by atoms with Crippen molar-refractivity contribution in [3.8, 4) is 0 Å². The van der Waals surface area contributed by atoms with E-state index in [0.717, 1.165) is 24.6 Å². The van der Waals surface area contributed by atoms with Crippen LogP contribution in [-0.2, 0) is 11.2 Å². The lowest BCUT2D eigenvalue weighted by atomic mass is 9.58. The molecule has 1 amide bonds. The smallest absolute Gasteiger partial charge is 0.226 e. The SMILES string of the molecule is CC1CC2(CCN(C(=O)Cc3ccccc3)CC2)C1. The summed E-state index contributed by atoms with van der Waals surface area (Å²) in [4.78, 5) is 14.3. The first-order chi connectivity index (χ1) is 9.17. The fourth-order valence-electron chi connectivity index (χ4n) is 3.94. The van der Waals surface area contributed by atoms with E-state index in [-0.39, 0.29) is 0 Å². The van der Waals surface area contributed by atoms with E-state index in [4.69, 9.17) is 0 Å². The number of carbonyl (C=O) groups excluding carboxylic acids is 1. The lowest BCUT2D eigenvalue weighted by Crippen LogP contribution is -2.48. The monoisotopic (exact) mass is 257 g/mol. The Bertz CT molecular complexity index is 438. The number of hydrogen-bond acceptors (Lipinski definition) is 1. The molecular formula is C17H23NO. The molecule has 0 atom stereocenters. The van der Waals surface area contributed by atoms with Gasteiger partial charge < -0.3 is 4.90 Å². The molecular weight excluding hydrogens is 234 g/mol. The zero-order valence-corrected chi connectivity index (χ0v) is 11.8. The summed E-state index contributed by atoms with van der Waals surface area (Å²) in [6.07, 6.45) is 5.77. The number of piperidine rings is 1. The summed E-state index contributed by atoms with van der Waals surface area (Å²) in [5.74, 6) is 1.21. The second-order valence-electron chi connectivity index (χ2n) is 6.56. The lowest BCUT2D eigenvalue weighted by Gasteiger charge is -2.51. The van der Waals surface area contributed by atoms with Crippen LogP contribution in [0.25, 0.3) is 0 Å². The maximum atomic E-state index is 12.3. The molecule has 0 radical (unpaired) electrons. The Hall–Kier alpha value is -1.31. The topological polar surface area (TPSA) is 20.3 Å². The normalized spacial score (nSPS) is 22.3. The molecule has 1 aliphatic heterocycles. The minimum Gasteiger partial charge on any atom is -0.342 e. The van der Waals surface area contributed by atoms with Crippen LogP contribution in [0.4, 0.5) is 0 Å². The van der Waals surface area contributed by atoms with Crippen LogP contribution >= 0.6 is 0 Å². The van der Waals surface area contributed by atoms with Gasteiger partial charge in [-0.05, 0) is 42.6 Å². The summed E-state index contributed by atoms with van der Waals surface area (Å²) in [6, 6.07) is 10.1. The predicted molar refractivity (Wildman–Crippen MR) is 76.8 cm³/mol. The highest BCUT2D eigenvalue weighted by molar-refractivity contribution is 5.78. The number of rotatable bonds is 2. The Balaban J connectivity index is 1.52. The number of carbonyl (C=O) groups is 1. The minimum atomic E-state index is 0.299.